The zero-order valence-corrected chi connectivity index (χ0v) is 20.9. The van der Waals surface area contributed by atoms with E-state index in [0.717, 1.165) is 11.3 Å². The first-order valence-corrected chi connectivity index (χ1v) is 13.1. The van der Waals surface area contributed by atoms with Crippen LogP contribution in [0.3, 0.4) is 0 Å². The number of hydrogen-bond acceptors (Lipinski definition) is 7. The number of carbonyl (C=O) groups is 1. The fourth-order valence-corrected chi connectivity index (χ4v) is 5.59. The Morgan fingerprint density at radius 2 is 1.65 bits per heavy atom. The Balaban J connectivity index is 1.47. The molecule has 11 heteroatoms. The fourth-order valence-electron chi connectivity index (χ4n) is 4.00. The maximum Gasteiger partial charge on any atom is 0.295 e. The molecule has 1 aliphatic rings. The molecule has 1 amide bonds. The Morgan fingerprint density at radius 3 is 2.32 bits per heavy atom. The number of benzene rings is 3. The van der Waals surface area contributed by atoms with E-state index in [1.807, 2.05) is 60.7 Å². The molecule has 3 aromatic carbocycles. The number of aromatic nitrogens is 3. The molecule has 10 nitrogen and oxygen atoms in total. The second-order valence-electron chi connectivity index (χ2n) is 8.21. The quantitative estimate of drug-likeness (QED) is 0.399. The highest BCUT2D eigenvalue weighted by atomic mass is 32.2. The molecule has 0 bridgehead atoms. The van der Waals surface area contributed by atoms with Gasteiger partial charge in [0.25, 0.3) is 5.91 Å². The van der Waals surface area contributed by atoms with Gasteiger partial charge in [-0.3, -0.25) is 4.79 Å². The van der Waals surface area contributed by atoms with E-state index in [0.29, 0.717) is 19.0 Å². The maximum absolute atomic E-state index is 13.3. The van der Waals surface area contributed by atoms with Gasteiger partial charge < -0.3 is 14.8 Å². The van der Waals surface area contributed by atoms with E-state index in [4.69, 9.17) is 9.47 Å². The van der Waals surface area contributed by atoms with Gasteiger partial charge in [-0.15, -0.1) is 5.10 Å². The van der Waals surface area contributed by atoms with Gasteiger partial charge >= 0.3 is 0 Å². The summed E-state index contributed by atoms with van der Waals surface area (Å²) in [4.78, 5) is 17.7. The van der Waals surface area contributed by atoms with Gasteiger partial charge in [0, 0.05) is 24.3 Å². The number of methoxy groups -OCH3 is 1. The zero-order chi connectivity index (χ0) is 25.8. The van der Waals surface area contributed by atoms with Crippen molar-refractivity contribution in [2.24, 2.45) is 0 Å². The zero-order valence-electron chi connectivity index (χ0n) is 20.1. The summed E-state index contributed by atoms with van der Waals surface area (Å²) in [6.07, 6.45) is 0. The van der Waals surface area contributed by atoms with Crippen molar-refractivity contribution in [2.75, 3.05) is 38.7 Å². The molecule has 0 saturated carbocycles. The van der Waals surface area contributed by atoms with E-state index in [1.165, 1.54) is 23.5 Å². The minimum atomic E-state index is -3.86. The van der Waals surface area contributed by atoms with Gasteiger partial charge in [0.05, 0.1) is 26.0 Å². The minimum absolute atomic E-state index is 0.0394. The van der Waals surface area contributed by atoms with Crippen LogP contribution in [0, 0.1) is 0 Å². The summed E-state index contributed by atoms with van der Waals surface area (Å²) in [6.45, 7) is 1.12. The average Bonchev–Trinajstić information content (AvgIpc) is 3.40. The number of nitrogens with zero attached hydrogens (tertiary/aromatic N) is 4. The highest BCUT2D eigenvalue weighted by Crippen LogP contribution is 2.30. The SMILES string of the molecule is COc1ccc(NC(=O)c2nc(-c3ccccc3)n(-c3ccccc3)n2)cc1S(=O)(=O)N1CCOCC1. The first-order valence-electron chi connectivity index (χ1n) is 11.6. The Bertz CT molecular complexity index is 1440. The van der Waals surface area contributed by atoms with Gasteiger partial charge in [-0.25, -0.2) is 18.1 Å². The molecule has 0 aliphatic carbocycles. The summed E-state index contributed by atoms with van der Waals surface area (Å²) in [6, 6.07) is 23.3. The second-order valence-corrected chi connectivity index (χ2v) is 10.1. The maximum atomic E-state index is 13.3. The number of nitrogens with one attached hydrogen (secondary N) is 1. The van der Waals surface area contributed by atoms with Crippen LogP contribution in [0.25, 0.3) is 17.1 Å². The normalized spacial score (nSPS) is 14.3. The lowest BCUT2D eigenvalue weighted by molar-refractivity contribution is 0.0729. The Morgan fingerprint density at radius 1 is 0.973 bits per heavy atom. The van der Waals surface area contributed by atoms with Crippen LogP contribution in [0.1, 0.15) is 10.6 Å². The van der Waals surface area contributed by atoms with Crippen LogP contribution in [-0.2, 0) is 14.8 Å². The van der Waals surface area contributed by atoms with E-state index in [1.54, 1.807) is 10.7 Å². The number of hydrogen-bond donors (Lipinski definition) is 1. The summed E-state index contributed by atoms with van der Waals surface area (Å²) in [7, 11) is -2.46. The van der Waals surface area contributed by atoms with Gasteiger partial charge in [-0.1, -0.05) is 48.5 Å². The summed E-state index contributed by atoms with van der Waals surface area (Å²) in [5.74, 6) is 0.0486. The van der Waals surface area contributed by atoms with E-state index in [9.17, 15) is 13.2 Å². The molecule has 0 spiro atoms. The number of amides is 1. The number of morpholine rings is 1. The summed E-state index contributed by atoms with van der Waals surface area (Å²) in [5.41, 5.74) is 1.81. The number of anilines is 1. The largest absolute Gasteiger partial charge is 0.495 e. The summed E-state index contributed by atoms with van der Waals surface area (Å²) >= 11 is 0. The molecule has 0 unspecified atom stereocenters. The fraction of sp³-hybridized carbons (Fsp3) is 0.192. The average molecular weight is 520 g/mol. The second kappa shape index (κ2) is 10.5. The van der Waals surface area contributed by atoms with Crippen molar-refractivity contribution in [3.05, 3.63) is 84.7 Å². The predicted molar refractivity (Wildman–Crippen MR) is 137 cm³/mol. The molecule has 190 valence electrons. The minimum Gasteiger partial charge on any atom is -0.495 e. The van der Waals surface area contributed by atoms with Crippen molar-refractivity contribution in [1.29, 1.82) is 0 Å². The molecule has 1 fully saturated rings. The number of rotatable bonds is 7. The van der Waals surface area contributed by atoms with Gasteiger partial charge in [-0.05, 0) is 30.3 Å². The first-order chi connectivity index (χ1) is 18.0. The van der Waals surface area contributed by atoms with Crippen LogP contribution < -0.4 is 10.1 Å². The monoisotopic (exact) mass is 519 g/mol. The summed E-state index contributed by atoms with van der Waals surface area (Å²) in [5, 5.41) is 7.19. The van der Waals surface area contributed by atoms with Crippen LogP contribution in [0.5, 0.6) is 5.75 Å². The third-order valence-corrected chi connectivity index (χ3v) is 7.77. The highest BCUT2D eigenvalue weighted by Gasteiger charge is 2.30. The molecule has 37 heavy (non-hydrogen) atoms. The number of sulfonamides is 1. The Kier molecular flexibility index (Phi) is 6.99. The van der Waals surface area contributed by atoms with E-state index >= 15 is 0 Å². The third kappa shape index (κ3) is 5.10. The van der Waals surface area contributed by atoms with Crippen LogP contribution in [0.15, 0.2) is 83.8 Å². The number of ether oxygens (including phenoxy) is 2. The molecule has 5 rings (SSSR count). The van der Waals surface area contributed by atoms with E-state index in [-0.39, 0.29) is 35.2 Å². The summed E-state index contributed by atoms with van der Waals surface area (Å²) < 4.78 is 40.1. The highest BCUT2D eigenvalue weighted by molar-refractivity contribution is 7.89. The first kappa shape index (κ1) is 24.6. The molecule has 0 radical (unpaired) electrons. The molecular weight excluding hydrogens is 494 g/mol. The molecule has 4 aromatic rings. The molecule has 2 heterocycles. The van der Waals surface area contributed by atoms with Gasteiger partial charge in [-0.2, -0.15) is 4.31 Å². The standard InChI is InChI=1S/C26H25N5O5S/c1-35-22-13-12-20(18-23(22)37(33,34)30-14-16-36-17-15-30)27-26(32)24-28-25(19-8-4-2-5-9-19)31(29-24)21-10-6-3-7-11-21/h2-13,18H,14-17H2,1H3,(H,27,32). The molecule has 1 aliphatic heterocycles. The van der Waals surface area contributed by atoms with Gasteiger partial charge in [0.15, 0.2) is 5.82 Å². The van der Waals surface area contributed by atoms with Gasteiger partial charge in [0.2, 0.25) is 15.8 Å². The van der Waals surface area contributed by atoms with Crippen LogP contribution >= 0.6 is 0 Å². The van der Waals surface area contributed by atoms with Crippen LogP contribution in [-0.4, -0.2) is 66.8 Å². The predicted octanol–water partition coefficient (Wildman–Crippen LogP) is 3.22. The van der Waals surface area contributed by atoms with E-state index < -0.39 is 15.9 Å². The number of carbonyl (C=O) groups excluding carboxylic acids is 1. The Hall–Kier alpha value is -4.06. The smallest absolute Gasteiger partial charge is 0.295 e. The van der Waals surface area contributed by atoms with Crippen molar-refractivity contribution >= 4 is 21.6 Å². The Labute approximate surface area is 214 Å². The molecule has 1 N–H and O–H groups in total. The van der Waals surface area contributed by atoms with Crippen molar-refractivity contribution in [3.8, 4) is 22.8 Å². The van der Waals surface area contributed by atoms with Crippen LogP contribution in [0.4, 0.5) is 5.69 Å². The van der Waals surface area contributed by atoms with Crippen molar-refractivity contribution in [2.45, 2.75) is 4.90 Å². The van der Waals surface area contributed by atoms with Crippen molar-refractivity contribution in [3.63, 3.8) is 0 Å². The lowest BCUT2D eigenvalue weighted by Gasteiger charge is -2.26. The topological polar surface area (TPSA) is 116 Å². The lowest BCUT2D eigenvalue weighted by Crippen LogP contribution is -2.40. The molecule has 0 atom stereocenters. The molecule has 1 aromatic heterocycles. The van der Waals surface area contributed by atoms with Crippen molar-refractivity contribution in [1.82, 2.24) is 19.1 Å². The van der Waals surface area contributed by atoms with Crippen LogP contribution in [0.2, 0.25) is 0 Å². The molecular formula is C26H25N5O5S. The van der Waals surface area contributed by atoms with E-state index in [2.05, 4.69) is 15.4 Å². The van der Waals surface area contributed by atoms with Crippen molar-refractivity contribution < 1.29 is 22.7 Å². The number of para-hydroxylation sites is 1. The molecule has 1 saturated heterocycles. The lowest BCUT2D eigenvalue weighted by atomic mass is 10.2. The third-order valence-electron chi connectivity index (χ3n) is 5.85. The van der Waals surface area contributed by atoms with Gasteiger partial charge in [0.1, 0.15) is 10.6 Å².